The first-order chi connectivity index (χ1) is 12.4. The maximum atomic E-state index is 11.2. The highest BCUT2D eigenvalue weighted by Crippen LogP contribution is 2.46. The average Bonchev–Trinajstić information content (AvgIpc) is 2.64. The number of carbonyl (C=O) groups is 1. The van der Waals surface area contributed by atoms with Crippen LogP contribution in [-0.4, -0.2) is 40.3 Å². The van der Waals surface area contributed by atoms with E-state index in [1.807, 2.05) is 24.3 Å². The minimum Gasteiger partial charge on any atom is -0.481 e. The van der Waals surface area contributed by atoms with Crippen LogP contribution < -0.4 is 0 Å². The lowest BCUT2D eigenvalue weighted by Gasteiger charge is -2.55. The number of terminal acetylenes is 1. The lowest BCUT2D eigenvalue weighted by molar-refractivity contribution is -0.141. The summed E-state index contributed by atoms with van der Waals surface area (Å²) in [6.07, 6.45) is 10.3. The number of carboxylic acid groups (broad SMARTS) is 1. The highest BCUT2D eigenvalue weighted by atomic mass is 35.5. The van der Waals surface area contributed by atoms with Gasteiger partial charge < -0.3 is 10.2 Å². The van der Waals surface area contributed by atoms with Crippen molar-refractivity contribution in [2.45, 2.75) is 44.2 Å². The lowest BCUT2D eigenvalue weighted by Crippen LogP contribution is -2.64. The predicted octanol–water partition coefficient (Wildman–Crippen LogP) is 3.02. The van der Waals surface area contributed by atoms with Crippen molar-refractivity contribution in [3.05, 3.63) is 47.5 Å². The van der Waals surface area contributed by atoms with Crippen molar-refractivity contribution in [2.75, 3.05) is 13.1 Å². The number of piperidine rings is 3. The van der Waals surface area contributed by atoms with E-state index in [0.29, 0.717) is 12.8 Å². The molecule has 3 aliphatic rings. The first kappa shape index (κ1) is 21.5. The molecular formula is C22H28ClNO3. The van der Waals surface area contributed by atoms with Gasteiger partial charge in [0.05, 0.1) is 12.0 Å². The Morgan fingerprint density at radius 1 is 1.48 bits per heavy atom. The van der Waals surface area contributed by atoms with Crippen LogP contribution in [0.5, 0.6) is 0 Å². The smallest absolute Gasteiger partial charge is 0.306 e. The third-order valence-electron chi connectivity index (χ3n) is 6.04. The SMILES string of the molecule is C#CC1(c2ccc(CC(C)C(=O)O)cc2CC=C)C(O)C2CCN1CC2.Cl. The van der Waals surface area contributed by atoms with E-state index in [2.05, 4.69) is 17.4 Å². The van der Waals surface area contributed by atoms with Gasteiger partial charge in [0, 0.05) is 13.1 Å². The number of halogens is 1. The molecule has 27 heavy (non-hydrogen) atoms. The Morgan fingerprint density at radius 3 is 2.67 bits per heavy atom. The average molecular weight is 390 g/mol. The molecule has 2 N–H and O–H groups in total. The fraction of sp³-hybridized carbons (Fsp3) is 0.500. The number of aliphatic hydroxyl groups excluding tert-OH is 1. The summed E-state index contributed by atoms with van der Waals surface area (Å²) in [5.41, 5.74) is 2.16. The molecule has 0 aromatic heterocycles. The van der Waals surface area contributed by atoms with Gasteiger partial charge in [-0.2, -0.15) is 0 Å². The van der Waals surface area contributed by atoms with E-state index in [0.717, 1.165) is 42.6 Å². The minimum atomic E-state index is -0.800. The Kier molecular flexibility index (Phi) is 6.75. The Hall–Kier alpha value is -1.80. The molecule has 146 valence electrons. The van der Waals surface area contributed by atoms with E-state index in [4.69, 9.17) is 6.42 Å². The van der Waals surface area contributed by atoms with Crippen molar-refractivity contribution in [1.29, 1.82) is 0 Å². The summed E-state index contributed by atoms with van der Waals surface area (Å²) in [5.74, 6) is 1.93. The van der Waals surface area contributed by atoms with Crippen molar-refractivity contribution in [1.82, 2.24) is 4.90 Å². The molecule has 4 nitrogen and oxygen atoms in total. The summed E-state index contributed by atoms with van der Waals surface area (Å²) >= 11 is 0. The maximum Gasteiger partial charge on any atom is 0.306 e. The molecule has 0 saturated carbocycles. The number of aliphatic carboxylic acids is 1. The molecule has 5 heteroatoms. The standard InChI is InChI=1S/C22H27NO3.ClH/c1-4-6-18-14-16(13-15(3)21(25)26)7-8-19(18)22(5-2)20(24)17-9-11-23(22)12-10-17;/h2,4,7-8,14-15,17,20,24H,1,6,9-13H2,3H3,(H,25,26);1H. The maximum absolute atomic E-state index is 11.2. The van der Waals surface area contributed by atoms with Gasteiger partial charge >= 0.3 is 5.97 Å². The van der Waals surface area contributed by atoms with Crippen LogP contribution in [0.2, 0.25) is 0 Å². The summed E-state index contributed by atoms with van der Waals surface area (Å²) in [4.78, 5) is 13.4. The summed E-state index contributed by atoms with van der Waals surface area (Å²) in [6.45, 7) is 7.37. The van der Waals surface area contributed by atoms with Crippen molar-refractivity contribution in [2.24, 2.45) is 11.8 Å². The second-order valence-electron chi connectivity index (χ2n) is 7.61. The summed E-state index contributed by atoms with van der Waals surface area (Å²) in [6, 6.07) is 5.98. The Balaban J connectivity index is 0.00000261. The number of carboxylic acids is 1. The van der Waals surface area contributed by atoms with Gasteiger partial charge in [0.2, 0.25) is 0 Å². The van der Waals surface area contributed by atoms with Crippen LogP contribution in [0.3, 0.4) is 0 Å². The van der Waals surface area contributed by atoms with Crippen LogP contribution in [0.25, 0.3) is 0 Å². The molecule has 3 unspecified atom stereocenters. The molecule has 3 atom stereocenters. The van der Waals surface area contributed by atoms with E-state index >= 15 is 0 Å². The molecule has 4 rings (SSSR count). The topological polar surface area (TPSA) is 60.8 Å². The quantitative estimate of drug-likeness (QED) is 0.580. The van der Waals surface area contributed by atoms with Gasteiger partial charge in [0.15, 0.2) is 0 Å². The number of hydrogen-bond acceptors (Lipinski definition) is 3. The number of benzene rings is 1. The van der Waals surface area contributed by atoms with Gasteiger partial charge in [-0.1, -0.05) is 37.1 Å². The Morgan fingerprint density at radius 2 is 2.15 bits per heavy atom. The fourth-order valence-electron chi connectivity index (χ4n) is 4.59. The number of allylic oxidation sites excluding steroid dienone is 1. The molecule has 1 aromatic rings. The predicted molar refractivity (Wildman–Crippen MR) is 109 cm³/mol. The molecule has 0 aliphatic carbocycles. The van der Waals surface area contributed by atoms with E-state index < -0.39 is 23.5 Å². The summed E-state index contributed by atoms with van der Waals surface area (Å²) < 4.78 is 0. The number of nitrogens with zero attached hydrogens (tertiary/aromatic N) is 1. The molecule has 3 heterocycles. The molecule has 3 fully saturated rings. The van der Waals surface area contributed by atoms with E-state index in [1.165, 1.54) is 0 Å². The highest BCUT2D eigenvalue weighted by Gasteiger charge is 2.53. The first-order valence-corrected chi connectivity index (χ1v) is 9.31. The molecule has 3 saturated heterocycles. The zero-order valence-electron chi connectivity index (χ0n) is 15.7. The summed E-state index contributed by atoms with van der Waals surface area (Å²) in [5, 5.41) is 20.2. The molecule has 2 bridgehead atoms. The van der Waals surface area contributed by atoms with Crippen molar-refractivity contribution in [3.8, 4) is 12.3 Å². The molecule has 0 amide bonds. The monoisotopic (exact) mass is 389 g/mol. The van der Waals surface area contributed by atoms with E-state index in [9.17, 15) is 15.0 Å². The van der Waals surface area contributed by atoms with Crippen LogP contribution in [-0.2, 0) is 23.2 Å². The molecule has 1 aromatic carbocycles. The third-order valence-corrected chi connectivity index (χ3v) is 6.04. The van der Waals surface area contributed by atoms with Crippen molar-refractivity contribution >= 4 is 18.4 Å². The molecule has 0 spiro atoms. The van der Waals surface area contributed by atoms with Gasteiger partial charge in [-0.05, 0) is 48.3 Å². The number of hydrogen-bond donors (Lipinski definition) is 2. The Labute approximate surface area is 167 Å². The zero-order chi connectivity index (χ0) is 18.9. The van der Waals surface area contributed by atoms with Gasteiger partial charge in [-0.25, -0.2) is 0 Å². The third kappa shape index (κ3) is 3.65. The van der Waals surface area contributed by atoms with E-state index in [1.54, 1.807) is 6.92 Å². The van der Waals surface area contributed by atoms with Gasteiger partial charge in [0.25, 0.3) is 0 Å². The van der Waals surface area contributed by atoms with Crippen molar-refractivity contribution in [3.63, 3.8) is 0 Å². The van der Waals surface area contributed by atoms with Gasteiger partial charge in [-0.3, -0.25) is 9.69 Å². The van der Waals surface area contributed by atoms with Crippen LogP contribution in [0.15, 0.2) is 30.9 Å². The minimum absolute atomic E-state index is 0. The number of aliphatic hydroxyl groups is 1. The molecular weight excluding hydrogens is 362 g/mol. The Bertz CT molecular complexity index is 744. The lowest BCUT2D eigenvalue weighted by atomic mass is 9.67. The first-order valence-electron chi connectivity index (χ1n) is 9.31. The van der Waals surface area contributed by atoms with E-state index in [-0.39, 0.29) is 18.3 Å². The van der Waals surface area contributed by atoms with Gasteiger partial charge in [-0.15, -0.1) is 25.4 Å². The summed E-state index contributed by atoms with van der Waals surface area (Å²) in [7, 11) is 0. The van der Waals surface area contributed by atoms with Gasteiger partial charge in [0.1, 0.15) is 5.54 Å². The number of rotatable bonds is 6. The second kappa shape index (κ2) is 8.48. The largest absolute Gasteiger partial charge is 0.481 e. The van der Waals surface area contributed by atoms with Crippen LogP contribution in [0.1, 0.15) is 36.5 Å². The normalized spacial score (nSPS) is 30.0. The van der Waals surface area contributed by atoms with Crippen LogP contribution >= 0.6 is 12.4 Å². The second-order valence-corrected chi connectivity index (χ2v) is 7.61. The van der Waals surface area contributed by atoms with Crippen LogP contribution in [0, 0.1) is 24.2 Å². The van der Waals surface area contributed by atoms with Crippen LogP contribution in [0.4, 0.5) is 0 Å². The molecule has 3 aliphatic heterocycles. The molecule has 0 radical (unpaired) electrons. The van der Waals surface area contributed by atoms with Crippen molar-refractivity contribution < 1.29 is 15.0 Å². The fourth-order valence-corrected chi connectivity index (χ4v) is 4.59. The number of fused-ring (bicyclic) bond motifs is 3. The highest BCUT2D eigenvalue weighted by molar-refractivity contribution is 5.85. The zero-order valence-corrected chi connectivity index (χ0v) is 16.5.